The fourth-order valence-electron chi connectivity index (χ4n) is 2.86. The number of ether oxygens (including phenoxy) is 1. The molecule has 0 fully saturated rings. The van der Waals surface area contributed by atoms with Crippen LogP contribution in [0.2, 0.25) is 0 Å². The van der Waals surface area contributed by atoms with Gasteiger partial charge in [-0.15, -0.1) is 0 Å². The molecule has 0 saturated heterocycles. The Labute approximate surface area is 173 Å². The van der Waals surface area contributed by atoms with Crippen LogP contribution in [-0.2, 0) is 20.2 Å². The van der Waals surface area contributed by atoms with Crippen LogP contribution in [0.1, 0.15) is 44.9 Å². The van der Waals surface area contributed by atoms with E-state index in [2.05, 4.69) is 38.2 Å². The molecular weight excluding hydrogens is 388 g/mol. The minimum absolute atomic E-state index is 0.0591. The molecule has 0 aliphatic heterocycles. The first-order valence-corrected chi connectivity index (χ1v) is 10.9. The fourth-order valence-corrected chi connectivity index (χ4v) is 3.98. The van der Waals surface area contributed by atoms with E-state index in [1.165, 1.54) is 31.9 Å². The molecule has 1 atom stereocenters. The first-order chi connectivity index (χ1) is 13.4. The predicted octanol–water partition coefficient (Wildman–Crippen LogP) is 3.49. The van der Waals surface area contributed by atoms with Gasteiger partial charge in [-0.25, -0.2) is 8.42 Å². The van der Waals surface area contributed by atoms with Gasteiger partial charge in [0, 0.05) is 7.05 Å². The van der Waals surface area contributed by atoms with E-state index in [1.807, 2.05) is 19.1 Å². The van der Waals surface area contributed by atoms with E-state index in [9.17, 15) is 13.2 Å². The minimum atomic E-state index is -3.76. The quantitative estimate of drug-likeness (QED) is 0.747. The molecule has 0 heterocycles. The lowest BCUT2D eigenvalue weighted by Gasteiger charge is -2.22. The third kappa shape index (κ3) is 5.81. The van der Waals surface area contributed by atoms with Crippen LogP contribution in [-0.4, -0.2) is 39.3 Å². The van der Waals surface area contributed by atoms with Crippen molar-refractivity contribution in [3.05, 3.63) is 59.7 Å². The maximum atomic E-state index is 12.7. The molecule has 0 aromatic heterocycles. The molecule has 2 rings (SSSR count). The predicted molar refractivity (Wildman–Crippen MR) is 115 cm³/mol. The first kappa shape index (κ1) is 22.9. The second-order valence-corrected chi connectivity index (χ2v) is 10.1. The number of hydrogen-bond acceptors (Lipinski definition) is 4. The van der Waals surface area contributed by atoms with Gasteiger partial charge in [-0.1, -0.05) is 45.0 Å². The summed E-state index contributed by atoms with van der Waals surface area (Å²) in [6, 6.07) is 13.9. The number of carbonyl (C=O) groups is 1. The third-order valence-electron chi connectivity index (χ3n) is 4.79. The maximum absolute atomic E-state index is 12.7. The van der Waals surface area contributed by atoms with E-state index < -0.39 is 10.0 Å². The highest BCUT2D eigenvalue weighted by Gasteiger charge is 2.24. The molecule has 158 valence electrons. The van der Waals surface area contributed by atoms with Gasteiger partial charge in [-0.05, 0) is 47.7 Å². The van der Waals surface area contributed by atoms with Crippen LogP contribution in [0.25, 0.3) is 0 Å². The number of amides is 1. The van der Waals surface area contributed by atoms with Crippen molar-refractivity contribution in [1.29, 1.82) is 0 Å². The van der Waals surface area contributed by atoms with Crippen molar-refractivity contribution < 1.29 is 17.9 Å². The molecule has 0 aliphatic rings. The number of carbonyl (C=O) groups excluding carboxylic acids is 1. The lowest BCUT2D eigenvalue weighted by atomic mass is 9.86. The Morgan fingerprint density at radius 3 is 2.10 bits per heavy atom. The third-order valence-corrected chi connectivity index (χ3v) is 6.61. The topological polar surface area (TPSA) is 75.7 Å². The van der Waals surface area contributed by atoms with Crippen LogP contribution in [0.4, 0.5) is 0 Å². The van der Waals surface area contributed by atoms with Crippen molar-refractivity contribution in [3.8, 4) is 5.75 Å². The average Bonchev–Trinajstić information content (AvgIpc) is 2.67. The number of likely N-dealkylation sites (N-methyl/N-ethyl adjacent to an activating group) is 1. The van der Waals surface area contributed by atoms with Crippen LogP contribution in [0, 0.1) is 0 Å². The van der Waals surface area contributed by atoms with E-state index in [0.717, 1.165) is 9.87 Å². The highest BCUT2D eigenvalue weighted by Crippen LogP contribution is 2.24. The highest BCUT2D eigenvalue weighted by molar-refractivity contribution is 7.89. The van der Waals surface area contributed by atoms with Gasteiger partial charge in [-0.3, -0.25) is 4.79 Å². The van der Waals surface area contributed by atoms with E-state index in [1.54, 1.807) is 12.1 Å². The summed E-state index contributed by atoms with van der Waals surface area (Å²) in [5.74, 6) is 0.202. The van der Waals surface area contributed by atoms with Crippen LogP contribution >= 0.6 is 0 Å². The summed E-state index contributed by atoms with van der Waals surface area (Å²) in [4.78, 5) is 12.5. The monoisotopic (exact) mass is 418 g/mol. The van der Waals surface area contributed by atoms with E-state index in [0.29, 0.717) is 5.75 Å². The number of nitrogens with one attached hydrogen (secondary N) is 1. The fraction of sp³-hybridized carbons (Fsp3) is 0.409. The molecular formula is C22H30N2O4S. The number of rotatable bonds is 7. The molecule has 6 nitrogen and oxygen atoms in total. The van der Waals surface area contributed by atoms with Gasteiger partial charge in [-0.2, -0.15) is 4.31 Å². The molecule has 0 unspecified atom stereocenters. The molecule has 0 aliphatic carbocycles. The zero-order valence-corrected chi connectivity index (χ0v) is 18.7. The van der Waals surface area contributed by atoms with E-state index in [-0.39, 0.29) is 28.8 Å². The molecule has 1 amide bonds. The Kier molecular flexibility index (Phi) is 7.08. The lowest BCUT2D eigenvalue weighted by Crippen LogP contribution is -2.39. The molecule has 29 heavy (non-hydrogen) atoms. The molecule has 0 saturated carbocycles. The summed E-state index contributed by atoms with van der Waals surface area (Å²) in [5.41, 5.74) is 2.24. The summed E-state index contributed by atoms with van der Waals surface area (Å²) in [6.45, 7) is 8.05. The molecule has 0 spiro atoms. The van der Waals surface area contributed by atoms with Crippen molar-refractivity contribution in [2.24, 2.45) is 0 Å². The van der Waals surface area contributed by atoms with Gasteiger partial charge in [0.2, 0.25) is 15.9 Å². The molecule has 0 radical (unpaired) electrons. The van der Waals surface area contributed by atoms with Crippen molar-refractivity contribution in [2.45, 2.75) is 44.0 Å². The number of benzene rings is 2. The Morgan fingerprint density at radius 2 is 1.62 bits per heavy atom. The second kappa shape index (κ2) is 8.97. The van der Waals surface area contributed by atoms with Gasteiger partial charge in [0.15, 0.2) is 0 Å². The number of methoxy groups -OCH3 is 1. The van der Waals surface area contributed by atoms with Gasteiger partial charge in [0.1, 0.15) is 5.75 Å². The van der Waals surface area contributed by atoms with Gasteiger partial charge in [0.25, 0.3) is 0 Å². The number of sulfonamides is 1. The largest absolute Gasteiger partial charge is 0.497 e. The number of hydrogen-bond donors (Lipinski definition) is 1. The van der Waals surface area contributed by atoms with Crippen LogP contribution in [0.5, 0.6) is 5.75 Å². The normalized spacial score (nSPS) is 13.2. The first-order valence-electron chi connectivity index (χ1n) is 9.45. The maximum Gasteiger partial charge on any atom is 0.243 e. The number of nitrogens with zero attached hydrogens (tertiary/aromatic N) is 1. The molecule has 1 N–H and O–H groups in total. The summed E-state index contributed by atoms with van der Waals surface area (Å²) >= 11 is 0. The minimum Gasteiger partial charge on any atom is -0.497 e. The molecule has 7 heteroatoms. The summed E-state index contributed by atoms with van der Waals surface area (Å²) in [5, 5.41) is 2.86. The standard InChI is InChI=1S/C22H30N2O4S/c1-16(17-7-9-18(10-8-17)22(2,3)4)23-21(25)15-24(5)29(26,27)20-13-11-19(28-6)12-14-20/h7-14,16H,15H2,1-6H3,(H,23,25)/t16-/m1/s1. The van der Waals surface area contributed by atoms with Gasteiger partial charge < -0.3 is 10.1 Å². The van der Waals surface area contributed by atoms with Crippen molar-refractivity contribution in [2.75, 3.05) is 20.7 Å². The van der Waals surface area contributed by atoms with Crippen molar-refractivity contribution in [1.82, 2.24) is 9.62 Å². The van der Waals surface area contributed by atoms with Crippen LogP contribution < -0.4 is 10.1 Å². The average molecular weight is 419 g/mol. The molecule has 2 aromatic carbocycles. The SMILES string of the molecule is COc1ccc(S(=O)(=O)N(C)CC(=O)N[C@H](C)c2ccc(C(C)(C)C)cc2)cc1. The van der Waals surface area contributed by atoms with Crippen molar-refractivity contribution in [3.63, 3.8) is 0 Å². The summed E-state index contributed by atoms with van der Waals surface area (Å²) in [6.07, 6.45) is 0. The van der Waals surface area contributed by atoms with E-state index in [4.69, 9.17) is 4.74 Å². The highest BCUT2D eigenvalue weighted by atomic mass is 32.2. The molecule has 0 bridgehead atoms. The van der Waals surface area contributed by atoms with E-state index >= 15 is 0 Å². The Hall–Kier alpha value is -2.38. The summed E-state index contributed by atoms with van der Waals surface area (Å²) < 4.78 is 31.4. The Morgan fingerprint density at radius 1 is 1.07 bits per heavy atom. The van der Waals surface area contributed by atoms with Crippen molar-refractivity contribution >= 4 is 15.9 Å². The summed E-state index contributed by atoms with van der Waals surface area (Å²) in [7, 11) is -0.862. The Bertz CT molecular complexity index is 930. The smallest absolute Gasteiger partial charge is 0.243 e. The zero-order chi connectivity index (χ0) is 21.8. The van der Waals surface area contributed by atoms with Gasteiger partial charge >= 0.3 is 0 Å². The van der Waals surface area contributed by atoms with Crippen LogP contribution in [0.3, 0.4) is 0 Å². The Balaban J connectivity index is 2.01. The lowest BCUT2D eigenvalue weighted by molar-refractivity contribution is -0.121. The zero-order valence-electron chi connectivity index (χ0n) is 17.9. The van der Waals surface area contributed by atoms with Crippen LogP contribution in [0.15, 0.2) is 53.4 Å². The second-order valence-electron chi connectivity index (χ2n) is 8.10. The van der Waals surface area contributed by atoms with Gasteiger partial charge in [0.05, 0.1) is 24.6 Å². The molecule has 2 aromatic rings.